The Kier molecular flexibility index (Phi) is 3.05. The molecule has 1 atom stereocenters. The minimum absolute atomic E-state index is 0.0880. The molecule has 2 aromatic rings. The molecule has 2 heterocycles. The summed E-state index contributed by atoms with van der Waals surface area (Å²) in [5.41, 5.74) is 1.38. The molecule has 2 N–H and O–H groups in total. The fourth-order valence-corrected chi connectivity index (χ4v) is 3.47. The molecule has 1 amide bonds. The van der Waals surface area contributed by atoms with Crippen molar-refractivity contribution in [3.8, 4) is 0 Å². The number of amides is 1. The van der Waals surface area contributed by atoms with E-state index in [1.165, 1.54) is 0 Å². The first kappa shape index (κ1) is 12.0. The van der Waals surface area contributed by atoms with Gasteiger partial charge >= 0.3 is 0 Å². The Morgan fingerprint density at radius 2 is 2.11 bits per heavy atom. The molecule has 1 aliphatic rings. The van der Waals surface area contributed by atoms with Crippen LogP contribution in [-0.2, 0) is 0 Å². The topological polar surface area (TPSA) is 41.1 Å². The first-order valence-electron chi connectivity index (χ1n) is 5.24. The molecule has 92 valence electrons. The van der Waals surface area contributed by atoms with E-state index in [1.54, 1.807) is 29.5 Å². The third-order valence-corrected chi connectivity index (χ3v) is 4.67. The van der Waals surface area contributed by atoms with E-state index in [0.717, 1.165) is 15.0 Å². The molecule has 0 radical (unpaired) electrons. The van der Waals surface area contributed by atoms with Crippen LogP contribution in [0.2, 0.25) is 5.02 Å². The molecule has 18 heavy (non-hydrogen) atoms. The van der Waals surface area contributed by atoms with Gasteiger partial charge in [-0.3, -0.25) is 4.79 Å². The van der Waals surface area contributed by atoms with Gasteiger partial charge in [-0.2, -0.15) is 0 Å². The lowest BCUT2D eigenvalue weighted by atomic mass is 10.1. The Morgan fingerprint density at radius 1 is 1.28 bits per heavy atom. The lowest BCUT2D eigenvalue weighted by Gasteiger charge is -2.27. The first-order valence-corrected chi connectivity index (χ1v) is 7.29. The van der Waals surface area contributed by atoms with Crippen molar-refractivity contribution in [2.75, 3.05) is 5.32 Å². The van der Waals surface area contributed by atoms with Crippen molar-refractivity contribution >= 4 is 50.5 Å². The molecule has 3 rings (SSSR count). The van der Waals surface area contributed by atoms with E-state index in [2.05, 4.69) is 26.6 Å². The van der Waals surface area contributed by atoms with Gasteiger partial charge in [-0.1, -0.05) is 11.6 Å². The van der Waals surface area contributed by atoms with Gasteiger partial charge in [-0.05, 0) is 40.2 Å². The van der Waals surface area contributed by atoms with Crippen molar-refractivity contribution in [2.45, 2.75) is 6.17 Å². The van der Waals surface area contributed by atoms with Crippen molar-refractivity contribution in [2.24, 2.45) is 0 Å². The molecule has 0 saturated heterocycles. The quantitative estimate of drug-likeness (QED) is 0.821. The normalized spacial score (nSPS) is 17.9. The highest BCUT2D eigenvalue weighted by molar-refractivity contribution is 9.10. The van der Waals surface area contributed by atoms with E-state index in [9.17, 15) is 4.79 Å². The number of fused-ring (bicyclic) bond motifs is 1. The summed E-state index contributed by atoms with van der Waals surface area (Å²) in [6.45, 7) is 0. The van der Waals surface area contributed by atoms with Crippen molar-refractivity contribution in [3.05, 3.63) is 49.6 Å². The molecule has 1 unspecified atom stereocenters. The van der Waals surface area contributed by atoms with Gasteiger partial charge in [0.1, 0.15) is 6.17 Å². The molecule has 3 nitrogen and oxygen atoms in total. The summed E-state index contributed by atoms with van der Waals surface area (Å²) in [6.07, 6.45) is -0.209. The van der Waals surface area contributed by atoms with Crippen LogP contribution in [0.1, 0.15) is 21.4 Å². The van der Waals surface area contributed by atoms with Crippen LogP contribution < -0.4 is 10.6 Å². The summed E-state index contributed by atoms with van der Waals surface area (Å²) in [7, 11) is 0. The first-order chi connectivity index (χ1) is 8.63. The summed E-state index contributed by atoms with van der Waals surface area (Å²) < 4.78 is 1.01. The number of nitrogens with one attached hydrogen (secondary N) is 2. The number of thiophene rings is 1. The smallest absolute Gasteiger partial charge is 0.255 e. The van der Waals surface area contributed by atoms with E-state index >= 15 is 0 Å². The standard InChI is InChI=1S/C12H8BrClN2OS/c13-6-3-10(18-5-6)11-15-9-4-7(14)1-2-8(9)12(17)16-11/h1-5,11,15H,(H,16,17). The Hall–Kier alpha value is -1.04. The maximum absolute atomic E-state index is 12.0. The van der Waals surface area contributed by atoms with Gasteiger partial charge in [-0.15, -0.1) is 11.3 Å². The number of carbonyl (C=O) groups excluding carboxylic acids is 1. The van der Waals surface area contributed by atoms with E-state index < -0.39 is 0 Å². The average Bonchev–Trinajstić information content (AvgIpc) is 2.75. The second-order valence-electron chi connectivity index (χ2n) is 3.91. The van der Waals surface area contributed by atoms with Gasteiger partial charge in [0.25, 0.3) is 5.91 Å². The van der Waals surface area contributed by atoms with Crippen LogP contribution in [0.25, 0.3) is 0 Å². The summed E-state index contributed by atoms with van der Waals surface area (Å²) in [5, 5.41) is 8.78. The minimum Gasteiger partial charge on any atom is -0.360 e. The summed E-state index contributed by atoms with van der Waals surface area (Å²) in [6, 6.07) is 7.19. The number of carbonyl (C=O) groups is 1. The van der Waals surface area contributed by atoms with E-state index in [-0.39, 0.29) is 12.1 Å². The van der Waals surface area contributed by atoms with Crippen molar-refractivity contribution in [1.82, 2.24) is 5.32 Å². The van der Waals surface area contributed by atoms with Crippen LogP contribution in [0, 0.1) is 0 Å². The molecule has 0 saturated carbocycles. The largest absolute Gasteiger partial charge is 0.360 e. The maximum Gasteiger partial charge on any atom is 0.255 e. The highest BCUT2D eigenvalue weighted by Gasteiger charge is 2.25. The fraction of sp³-hybridized carbons (Fsp3) is 0.0833. The predicted molar refractivity (Wildman–Crippen MR) is 77.3 cm³/mol. The molecular formula is C12H8BrClN2OS. The van der Waals surface area contributed by atoms with Gasteiger partial charge in [0, 0.05) is 19.8 Å². The van der Waals surface area contributed by atoms with Crippen molar-refractivity contribution in [1.29, 1.82) is 0 Å². The number of hydrogen-bond donors (Lipinski definition) is 2. The zero-order valence-electron chi connectivity index (χ0n) is 9.04. The maximum atomic E-state index is 12.0. The molecule has 1 aromatic carbocycles. The molecule has 6 heteroatoms. The zero-order valence-corrected chi connectivity index (χ0v) is 12.2. The third kappa shape index (κ3) is 2.13. The van der Waals surface area contributed by atoms with Gasteiger partial charge in [0.2, 0.25) is 0 Å². The summed E-state index contributed by atoms with van der Waals surface area (Å²) in [4.78, 5) is 13.0. The number of rotatable bonds is 1. The molecule has 0 fully saturated rings. The van der Waals surface area contributed by atoms with Gasteiger partial charge in [0.15, 0.2) is 0 Å². The number of hydrogen-bond acceptors (Lipinski definition) is 3. The Labute approximate surface area is 121 Å². The van der Waals surface area contributed by atoms with E-state index in [0.29, 0.717) is 10.6 Å². The van der Waals surface area contributed by atoms with Crippen LogP contribution in [0.4, 0.5) is 5.69 Å². The summed E-state index contributed by atoms with van der Waals surface area (Å²) in [5.74, 6) is -0.0880. The predicted octanol–water partition coefficient (Wildman–Crippen LogP) is 4.02. The molecule has 0 spiro atoms. The summed E-state index contributed by atoms with van der Waals surface area (Å²) >= 11 is 10.9. The molecule has 1 aliphatic heterocycles. The highest BCUT2D eigenvalue weighted by atomic mass is 79.9. The lowest BCUT2D eigenvalue weighted by Crippen LogP contribution is -2.37. The van der Waals surface area contributed by atoms with Crippen LogP contribution in [0.15, 0.2) is 34.1 Å². The van der Waals surface area contributed by atoms with Gasteiger partial charge in [-0.25, -0.2) is 0 Å². The van der Waals surface area contributed by atoms with Gasteiger partial charge < -0.3 is 10.6 Å². The average molecular weight is 344 g/mol. The Balaban J connectivity index is 1.98. The number of halogens is 2. The molecule has 0 aliphatic carbocycles. The van der Waals surface area contributed by atoms with Gasteiger partial charge in [0.05, 0.1) is 11.3 Å². The molecular weight excluding hydrogens is 336 g/mol. The number of benzene rings is 1. The van der Waals surface area contributed by atoms with Crippen LogP contribution in [-0.4, -0.2) is 5.91 Å². The lowest BCUT2D eigenvalue weighted by molar-refractivity contribution is 0.0936. The second-order valence-corrected chi connectivity index (χ2v) is 6.20. The Morgan fingerprint density at radius 3 is 2.83 bits per heavy atom. The SMILES string of the molecule is O=C1NC(c2cc(Br)cs2)Nc2cc(Cl)ccc21. The van der Waals surface area contributed by atoms with E-state index in [4.69, 9.17) is 11.6 Å². The van der Waals surface area contributed by atoms with Crippen LogP contribution in [0.5, 0.6) is 0 Å². The third-order valence-electron chi connectivity index (χ3n) is 2.67. The second kappa shape index (κ2) is 4.57. The van der Waals surface area contributed by atoms with Crippen molar-refractivity contribution in [3.63, 3.8) is 0 Å². The van der Waals surface area contributed by atoms with Crippen LogP contribution in [0.3, 0.4) is 0 Å². The monoisotopic (exact) mass is 342 g/mol. The number of anilines is 1. The van der Waals surface area contributed by atoms with E-state index in [1.807, 2.05) is 11.4 Å². The fourth-order valence-electron chi connectivity index (χ4n) is 1.86. The Bertz CT molecular complexity index is 628. The minimum atomic E-state index is -0.209. The molecule has 1 aromatic heterocycles. The highest BCUT2D eigenvalue weighted by Crippen LogP contribution is 2.32. The zero-order chi connectivity index (χ0) is 12.7. The van der Waals surface area contributed by atoms with Crippen LogP contribution >= 0.6 is 38.9 Å². The van der Waals surface area contributed by atoms with Crippen molar-refractivity contribution < 1.29 is 4.79 Å². The molecule has 0 bridgehead atoms.